The number of hydrazine groups is 1. The molecule has 0 aliphatic carbocycles. The number of carbonyl (C=O) groups excluding carboxylic acids is 1. The van der Waals surface area contributed by atoms with Crippen molar-refractivity contribution in [2.24, 2.45) is 5.84 Å². The van der Waals surface area contributed by atoms with Crippen LogP contribution in [-0.2, 0) is 0 Å². The number of amides is 1. The Morgan fingerprint density at radius 2 is 2.42 bits per heavy atom. The first-order valence-corrected chi connectivity index (χ1v) is 7.00. The Morgan fingerprint density at radius 3 is 3.16 bits per heavy atom. The summed E-state index contributed by atoms with van der Waals surface area (Å²) >= 11 is 0. The van der Waals surface area contributed by atoms with Gasteiger partial charge < -0.3 is 10.3 Å². The number of hydrogen-bond acceptors (Lipinski definition) is 4. The van der Waals surface area contributed by atoms with Crippen molar-refractivity contribution in [1.29, 1.82) is 0 Å². The summed E-state index contributed by atoms with van der Waals surface area (Å²) in [4.78, 5) is 18.6. The minimum absolute atomic E-state index is 0.0945. The number of anilines is 1. The van der Waals surface area contributed by atoms with Crippen molar-refractivity contribution in [2.75, 3.05) is 12.0 Å². The molecular formula is C14H22N4O. The van der Waals surface area contributed by atoms with E-state index in [0.29, 0.717) is 17.4 Å². The third-order valence-electron chi connectivity index (χ3n) is 3.66. The summed E-state index contributed by atoms with van der Waals surface area (Å²) in [5, 5.41) is 0. The van der Waals surface area contributed by atoms with E-state index >= 15 is 0 Å². The van der Waals surface area contributed by atoms with E-state index in [-0.39, 0.29) is 5.91 Å². The van der Waals surface area contributed by atoms with Gasteiger partial charge in [0.25, 0.3) is 5.91 Å². The first-order chi connectivity index (χ1) is 9.26. The zero-order chi connectivity index (χ0) is 13.7. The number of nitrogens with zero attached hydrogens (tertiary/aromatic N) is 2. The van der Waals surface area contributed by atoms with Crippen LogP contribution in [0.2, 0.25) is 0 Å². The molecular weight excluding hydrogens is 240 g/mol. The second-order valence-corrected chi connectivity index (χ2v) is 5.01. The van der Waals surface area contributed by atoms with E-state index in [2.05, 4.69) is 17.3 Å². The van der Waals surface area contributed by atoms with Crippen LogP contribution in [0.5, 0.6) is 0 Å². The number of rotatable bonds is 4. The largest absolute Gasteiger partial charge is 0.336 e. The lowest BCUT2D eigenvalue weighted by atomic mass is 9.97. The Labute approximate surface area is 114 Å². The molecule has 0 saturated carbocycles. The quantitative estimate of drug-likeness (QED) is 0.644. The summed E-state index contributed by atoms with van der Waals surface area (Å²) in [5.41, 5.74) is 3.14. The van der Waals surface area contributed by atoms with Crippen molar-refractivity contribution in [3.05, 3.63) is 23.9 Å². The number of piperidine rings is 1. The number of nitrogen functional groups attached to an aromatic ring is 1. The molecule has 1 fully saturated rings. The SMILES string of the molecule is CCCC1CCCCN1C(=O)c1ccnc(NN)c1. The predicted molar refractivity (Wildman–Crippen MR) is 75.6 cm³/mol. The summed E-state index contributed by atoms with van der Waals surface area (Å²) in [7, 11) is 0. The van der Waals surface area contributed by atoms with Gasteiger partial charge in [0.05, 0.1) is 0 Å². The fraction of sp³-hybridized carbons (Fsp3) is 0.571. The lowest BCUT2D eigenvalue weighted by Gasteiger charge is -2.35. The first-order valence-electron chi connectivity index (χ1n) is 7.00. The fourth-order valence-electron chi connectivity index (χ4n) is 2.71. The molecule has 1 atom stereocenters. The van der Waals surface area contributed by atoms with E-state index in [1.165, 1.54) is 6.42 Å². The van der Waals surface area contributed by atoms with Gasteiger partial charge in [-0.05, 0) is 37.8 Å². The third-order valence-corrected chi connectivity index (χ3v) is 3.66. The van der Waals surface area contributed by atoms with E-state index in [4.69, 9.17) is 5.84 Å². The summed E-state index contributed by atoms with van der Waals surface area (Å²) in [6.07, 6.45) is 7.24. The van der Waals surface area contributed by atoms with E-state index < -0.39 is 0 Å². The number of carbonyl (C=O) groups is 1. The van der Waals surface area contributed by atoms with Crippen LogP contribution >= 0.6 is 0 Å². The minimum Gasteiger partial charge on any atom is -0.336 e. The Morgan fingerprint density at radius 1 is 1.58 bits per heavy atom. The Balaban J connectivity index is 2.16. The van der Waals surface area contributed by atoms with Gasteiger partial charge in [-0.1, -0.05) is 13.3 Å². The maximum absolute atomic E-state index is 12.6. The van der Waals surface area contributed by atoms with Gasteiger partial charge in [-0.3, -0.25) is 4.79 Å². The van der Waals surface area contributed by atoms with Crippen molar-refractivity contribution in [3.63, 3.8) is 0 Å². The average Bonchev–Trinajstić information content (AvgIpc) is 2.47. The number of nitrogens with two attached hydrogens (primary N) is 1. The molecule has 0 bridgehead atoms. The standard InChI is InChI=1S/C14H22N4O/c1-2-5-12-6-3-4-9-18(12)14(19)11-7-8-16-13(10-11)17-15/h7-8,10,12H,2-6,9,15H2,1H3,(H,16,17). The predicted octanol–water partition coefficient (Wildman–Crippen LogP) is 2.16. The van der Waals surface area contributed by atoms with Crippen LogP contribution < -0.4 is 11.3 Å². The van der Waals surface area contributed by atoms with Crippen LogP contribution in [0.1, 0.15) is 49.4 Å². The van der Waals surface area contributed by atoms with Crippen molar-refractivity contribution in [3.8, 4) is 0 Å². The van der Waals surface area contributed by atoms with Crippen molar-refractivity contribution in [2.45, 2.75) is 45.1 Å². The number of hydrogen-bond donors (Lipinski definition) is 2. The molecule has 1 aliphatic rings. The smallest absolute Gasteiger partial charge is 0.254 e. The van der Waals surface area contributed by atoms with Gasteiger partial charge in [0.2, 0.25) is 0 Å². The molecule has 5 nitrogen and oxygen atoms in total. The molecule has 1 aromatic heterocycles. The molecule has 3 N–H and O–H groups in total. The van der Waals surface area contributed by atoms with Gasteiger partial charge in [0.15, 0.2) is 0 Å². The molecule has 1 unspecified atom stereocenters. The Bertz CT molecular complexity index is 433. The molecule has 5 heteroatoms. The highest BCUT2D eigenvalue weighted by atomic mass is 16.2. The van der Waals surface area contributed by atoms with Crippen LogP contribution in [0.3, 0.4) is 0 Å². The molecule has 19 heavy (non-hydrogen) atoms. The highest BCUT2D eigenvalue weighted by molar-refractivity contribution is 5.95. The number of nitrogens with one attached hydrogen (secondary N) is 1. The van der Waals surface area contributed by atoms with Crippen LogP contribution in [-0.4, -0.2) is 28.4 Å². The molecule has 1 saturated heterocycles. The molecule has 104 valence electrons. The number of aromatic nitrogens is 1. The third kappa shape index (κ3) is 3.23. The van der Waals surface area contributed by atoms with E-state index in [0.717, 1.165) is 32.2 Å². The minimum atomic E-state index is 0.0945. The molecule has 2 rings (SSSR count). The van der Waals surface area contributed by atoms with Crippen LogP contribution in [0.15, 0.2) is 18.3 Å². The lowest BCUT2D eigenvalue weighted by Crippen LogP contribution is -2.43. The van der Waals surface area contributed by atoms with Gasteiger partial charge in [0.1, 0.15) is 5.82 Å². The van der Waals surface area contributed by atoms with Gasteiger partial charge in [-0.15, -0.1) is 0 Å². The van der Waals surface area contributed by atoms with E-state index in [1.807, 2.05) is 4.90 Å². The molecule has 0 spiro atoms. The van der Waals surface area contributed by atoms with E-state index in [1.54, 1.807) is 18.3 Å². The summed E-state index contributed by atoms with van der Waals surface area (Å²) in [6, 6.07) is 3.84. The summed E-state index contributed by atoms with van der Waals surface area (Å²) < 4.78 is 0. The second kappa shape index (κ2) is 6.52. The number of likely N-dealkylation sites (tertiary alicyclic amines) is 1. The zero-order valence-corrected chi connectivity index (χ0v) is 11.4. The summed E-state index contributed by atoms with van der Waals surface area (Å²) in [6.45, 7) is 3.03. The van der Waals surface area contributed by atoms with Gasteiger partial charge >= 0.3 is 0 Å². The van der Waals surface area contributed by atoms with Gasteiger partial charge in [-0.2, -0.15) is 0 Å². The van der Waals surface area contributed by atoms with Crippen molar-refractivity contribution >= 4 is 11.7 Å². The Kier molecular flexibility index (Phi) is 4.74. The topological polar surface area (TPSA) is 71.2 Å². The molecule has 1 amide bonds. The van der Waals surface area contributed by atoms with Crippen LogP contribution in [0, 0.1) is 0 Å². The first kappa shape index (κ1) is 13.8. The van der Waals surface area contributed by atoms with Gasteiger partial charge in [0, 0.05) is 24.3 Å². The Hall–Kier alpha value is -1.62. The zero-order valence-electron chi connectivity index (χ0n) is 11.4. The lowest BCUT2D eigenvalue weighted by molar-refractivity contribution is 0.0600. The molecule has 0 radical (unpaired) electrons. The molecule has 0 aromatic carbocycles. The van der Waals surface area contributed by atoms with Crippen molar-refractivity contribution < 1.29 is 4.79 Å². The normalized spacial score (nSPS) is 19.3. The summed E-state index contributed by atoms with van der Waals surface area (Å²) in [5.74, 6) is 5.95. The van der Waals surface area contributed by atoms with Crippen LogP contribution in [0.4, 0.5) is 5.82 Å². The van der Waals surface area contributed by atoms with E-state index in [9.17, 15) is 4.79 Å². The maximum atomic E-state index is 12.6. The molecule has 1 aliphatic heterocycles. The van der Waals surface area contributed by atoms with Gasteiger partial charge in [-0.25, -0.2) is 10.8 Å². The highest BCUT2D eigenvalue weighted by Gasteiger charge is 2.26. The van der Waals surface area contributed by atoms with Crippen LogP contribution in [0.25, 0.3) is 0 Å². The number of pyridine rings is 1. The molecule has 2 heterocycles. The second-order valence-electron chi connectivity index (χ2n) is 5.01. The van der Waals surface area contributed by atoms with Crippen molar-refractivity contribution in [1.82, 2.24) is 9.88 Å². The average molecular weight is 262 g/mol. The monoisotopic (exact) mass is 262 g/mol. The fourth-order valence-corrected chi connectivity index (χ4v) is 2.71. The molecule has 1 aromatic rings. The maximum Gasteiger partial charge on any atom is 0.254 e. The highest BCUT2D eigenvalue weighted by Crippen LogP contribution is 2.23.